The normalized spacial score (nSPS) is 18.7. The number of hydrogen-bond donors (Lipinski definition) is 2. The van der Waals surface area contributed by atoms with Crippen LogP contribution in [0.1, 0.15) is 31.4 Å². The molecule has 2 atom stereocenters. The second kappa shape index (κ2) is 8.37. The lowest BCUT2D eigenvalue weighted by Crippen LogP contribution is -2.43. The standard InChI is InChI=1S/C16H24N2O2.ClH/c1-12(11-17)16(20)18-9-7-14(8-10-18)15(19)13-5-3-2-4-6-13;/h2-6,12,14-15,19H,7-11,17H2,1H3;1H. The molecular weight excluding hydrogens is 288 g/mol. The zero-order valence-electron chi connectivity index (χ0n) is 12.4. The van der Waals surface area contributed by atoms with Gasteiger partial charge in [-0.3, -0.25) is 4.79 Å². The molecule has 0 saturated carbocycles. The number of nitrogens with two attached hydrogens (primary N) is 1. The van der Waals surface area contributed by atoms with E-state index in [1.54, 1.807) is 0 Å². The van der Waals surface area contributed by atoms with Crippen molar-refractivity contribution in [2.24, 2.45) is 17.6 Å². The first-order valence-corrected chi connectivity index (χ1v) is 7.35. The van der Waals surface area contributed by atoms with Crippen molar-refractivity contribution in [3.8, 4) is 0 Å². The first-order valence-electron chi connectivity index (χ1n) is 7.35. The Kier molecular flexibility index (Phi) is 7.15. The molecule has 21 heavy (non-hydrogen) atoms. The van der Waals surface area contributed by atoms with Crippen molar-refractivity contribution in [2.75, 3.05) is 19.6 Å². The van der Waals surface area contributed by atoms with Crippen LogP contribution >= 0.6 is 12.4 Å². The summed E-state index contributed by atoms with van der Waals surface area (Å²) in [5, 5.41) is 10.4. The predicted molar refractivity (Wildman–Crippen MR) is 86.2 cm³/mol. The number of nitrogens with zero attached hydrogens (tertiary/aromatic N) is 1. The molecule has 1 aromatic carbocycles. The van der Waals surface area contributed by atoms with Crippen LogP contribution in [0.25, 0.3) is 0 Å². The second-order valence-electron chi connectivity index (χ2n) is 5.65. The number of likely N-dealkylation sites (tertiary alicyclic amines) is 1. The summed E-state index contributed by atoms with van der Waals surface area (Å²) in [4.78, 5) is 13.9. The van der Waals surface area contributed by atoms with Crippen LogP contribution in [0.5, 0.6) is 0 Å². The van der Waals surface area contributed by atoms with E-state index in [9.17, 15) is 9.90 Å². The van der Waals surface area contributed by atoms with Gasteiger partial charge in [-0.2, -0.15) is 0 Å². The highest BCUT2D eigenvalue weighted by Gasteiger charge is 2.29. The number of carbonyl (C=O) groups excluding carboxylic acids is 1. The highest BCUT2D eigenvalue weighted by molar-refractivity contribution is 5.85. The Balaban J connectivity index is 0.00000220. The first-order chi connectivity index (χ1) is 9.63. The minimum absolute atomic E-state index is 0. The molecule has 118 valence electrons. The molecule has 1 heterocycles. The van der Waals surface area contributed by atoms with Gasteiger partial charge in [-0.1, -0.05) is 37.3 Å². The average Bonchev–Trinajstić information content (AvgIpc) is 2.53. The van der Waals surface area contributed by atoms with Crippen LogP contribution in [0.4, 0.5) is 0 Å². The quantitative estimate of drug-likeness (QED) is 0.893. The lowest BCUT2D eigenvalue weighted by molar-refractivity contribution is -0.136. The van der Waals surface area contributed by atoms with Crippen LogP contribution in [0.3, 0.4) is 0 Å². The first kappa shape index (κ1) is 18.0. The van der Waals surface area contributed by atoms with Crippen molar-refractivity contribution in [3.63, 3.8) is 0 Å². The molecule has 0 aromatic heterocycles. The molecule has 2 rings (SSSR count). The van der Waals surface area contributed by atoms with E-state index in [4.69, 9.17) is 5.73 Å². The fraction of sp³-hybridized carbons (Fsp3) is 0.562. The molecule has 4 nitrogen and oxygen atoms in total. The zero-order chi connectivity index (χ0) is 14.5. The number of halogens is 1. The van der Waals surface area contributed by atoms with Gasteiger partial charge in [0.25, 0.3) is 0 Å². The third kappa shape index (κ3) is 4.43. The summed E-state index contributed by atoms with van der Waals surface area (Å²) in [5.74, 6) is 0.264. The maximum absolute atomic E-state index is 12.1. The smallest absolute Gasteiger partial charge is 0.226 e. The Morgan fingerprint density at radius 1 is 1.33 bits per heavy atom. The Hall–Kier alpha value is -1.10. The van der Waals surface area contributed by atoms with Gasteiger partial charge < -0.3 is 15.7 Å². The molecule has 0 radical (unpaired) electrons. The fourth-order valence-corrected chi connectivity index (χ4v) is 2.77. The Bertz CT molecular complexity index is 433. The van der Waals surface area contributed by atoms with Crippen molar-refractivity contribution in [1.29, 1.82) is 0 Å². The van der Waals surface area contributed by atoms with Gasteiger partial charge in [0.2, 0.25) is 5.91 Å². The molecule has 0 bridgehead atoms. The number of carbonyl (C=O) groups is 1. The third-order valence-electron chi connectivity index (χ3n) is 4.21. The van der Waals surface area contributed by atoms with Gasteiger partial charge in [-0.05, 0) is 24.3 Å². The van der Waals surface area contributed by atoms with Gasteiger partial charge in [0.05, 0.1) is 6.10 Å². The number of amides is 1. The zero-order valence-corrected chi connectivity index (χ0v) is 13.3. The van der Waals surface area contributed by atoms with Crippen LogP contribution in [-0.4, -0.2) is 35.5 Å². The lowest BCUT2D eigenvalue weighted by atomic mass is 9.87. The SMILES string of the molecule is CC(CN)C(=O)N1CCC(C(O)c2ccccc2)CC1.Cl. The molecule has 1 aliphatic heterocycles. The minimum atomic E-state index is -0.430. The molecule has 0 spiro atoms. The summed E-state index contributed by atoms with van der Waals surface area (Å²) >= 11 is 0. The predicted octanol–water partition coefficient (Wildman–Crippen LogP) is 1.98. The van der Waals surface area contributed by atoms with Gasteiger partial charge in [0.15, 0.2) is 0 Å². The van der Waals surface area contributed by atoms with Crippen LogP contribution in [0.15, 0.2) is 30.3 Å². The van der Waals surface area contributed by atoms with Crippen molar-refractivity contribution in [2.45, 2.75) is 25.9 Å². The van der Waals surface area contributed by atoms with Crippen molar-refractivity contribution >= 4 is 18.3 Å². The number of aliphatic hydroxyl groups excluding tert-OH is 1. The average molecular weight is 313 g/mol. The van der Waals surface area contributed by atoms with E-state index >= 15 is 0 Å². The van der Waals surface area contributed by atoms with Crippen LogP contribution < -0.4 is 5.73 Å². The number of hydrogen-bond acceptors (Lipinski definition) is 3. The molecule has 1 aliphatic rings. The van der Waals surface area contributed by atoms with Crippen molar-refractivity contribution < 1.29 is 9.90 Å². The largest absolute Gasteiger partial charge is 0.388 e. The van der Waals surface area contributed by atoms with Crippen molar-refractivity contribution in [3.05, 3.63) is 35.9 Å². The third-order valence-corrected chi connectivity index (χ3v) is 4.21. The van der Waals surface area contributed by atoms with Crippen LogP contribution in [0.2, 0.25) is 0 Å². The molecule has 1 fully saturated rings. The molecule has 5 heteroatoms. The summed E-state index contributed by atoms with van der Waals surface area (Å²) in [6.45, 7) is 3.70. The molecule has 1 aromatic rings. The van der Waals surface area contributed by atoms with E-state index in [1.165, 1.54) is 0 Å². The Labute approximate surface area is 132 Å². The van der Waals surface area contributed by atoms with Crippen LogP contribution in [-0.2, 0) is 4.79 Å². The number of rotatable bonds is 4. The fourth-order valence-electron chi connectivity index (χ4n) is 2.77. The van der Waals surface area contributed by atoms with Gasteiger partial charge in [0, 0.05) is 25.6 Å². The summed E-state index contributed by atoms with van der Waals surface area (Å²) in [6, 6.07) is 9.75. The van der Waals surface area contributed by atoms with Gasteiger partial charge in [-0.15, -0.1) is 12.4 Å². The maximum atomic E-state index is 12.1. The van der Waals surface area contributed by atoms with Crippen LogP contribution in [0, 0.1) is 11.8 Å². The summed E-state index contributed by atoms with van der Waals surface area (Å²) in [7, 11) is 0. The summed E-state index contributed by atoms with van der Waals surface area (Å²) in [6.07, 6.45) is 1.26. The van der Waals surface area contributed by atoms with E-state index in [0.717, 1.165) is 31.5 Å². The molecular formula is C16H25ClN2O2. The molecule has 1 saturated heterocycles. The molecule has 0 aliphatic carbocycles. The molecule has 1 amide bonds. The van der Waals surface area contributed by atoms with E-state index in [-0.39, 0.29) is 30.2 Å². The van der Waals surface area contributed by atoms with E-state index in [2.05, 4.69) is 0 Å². The second-order valence-corrected chi connectivity index (χ2v) is 5.65. The van der Waals surface area contributed by atoms with E-state index in [1.807, 2.05) is 42.2 Å². The van der Waals surface area contributed by atoms with Gasteiger partial charge >= 0.3 is 0 Å². The Morgan fingerprint density at radius 2 is 1.90 bits per heavy atom. The van der Waals surface area contributed by atoms with Gasteiger partial charge in [0.1, 0.15) is 0 Å². The topological polar surface area (TPSA) is 66.6 Å². The molecule has 3 N–H and O–H groups in total. The number of aliphatic hydroxyl groups is 1. The number of piperidine rings is 1. The lowest BCUT2D eigenvalue weighted by Gasteiger charge is -2.35. The summed E-state index contributed by atoms with van der Waals surface area (Å²) in [5.41, 5.74) is 6.51. The Morgan fingerprint density at radius 3 is 2.43 bits per heavy atom. The van der Waals surface area contributed by atoms with E-state index in [0.29, 0.717) is 6.54 Å². The minimum Gasteiger partial charge on any atom is -0.388 e. The summed E-state index contributed by atoms with van der Waals surface area (Å²) < 4.78 is 0. The van der Waals surface area contributed by atoms with Gasteiger partial charge in [-0.25, -0.2) is 0 Å². The monoisotopic (exact) mass is 312 g/mol. The maximum Gasteiger partial charge on any atom is 0.226 e. The highest BCUT2D eigenvalue weighted by Crippen LogP contribution is 2.30. The molecule has 2 unspecified atom stereocenters. The van der Waals surface area contributed by atoms with E-state index < -0.39 is 6.10 Å². The number of benzene rings is 1. The van der Waals surface area contributed by atoms with Crippen molar-refractivity contribution in [1.82, 2.24) is 4.90 Å². The highest BCUT2D eigenvalue weighted by atomic mass is 35.5.